The lowest BCUT2D eigenvalue weighted by Gasteiger charge is -2.34. The molecule has 0 saturated carbocycles. The molecule has 1 saturated heterocycles. The van der Waals surface area contributed by atoms with Crippen LogP contribution in [0.25, 0.3) is 0 Å². The Morgan fingerprint density at radius 3 is 2.00 bits per heavy atom. The van der Waals surface area contributed by atoms with E-state index in [-0.39, 0.29) is 11.8 Å². The van der Waals surface area contributed by atoms with E-state index < -0.39 is 5.97 Å². The zero-order chi connectivity index (χ0) is 21.8. The van der Waals surface area contributed by atoms with Crippen LogP contribution in [0.4, 0.5) is 0 Å². The number of H-pyrrole nitrogens is 1. The molecule has 1 aromatic carbocycles. The molecule has 2 aromatic rings. The van der Waals surface area contributed by atoms with Crippen molar-refractivity contribution in [2.45, 2.75) is 33.6 Å². The number of nitrogens with zero attached hydrogens (tertiary/aromatic N) is 2. The molecule has 1 N–H and O–H groups in total. The van der Waals surface area contributed by atoms with E-state index in [1.54, 1.807) is 16.7 Å². The highest BCUT2D eigenvalue weighted by atomic mass is 16.5. The van der Waals surface area contributed by atoms with Crippen LogP contribution in [0.1, 0.15) is 61.9 Å². The Morgan fingerprint density at radius 2 is 1.50 bits per heavy atom. The molecular formula is C23H29N3O4. The number of carbonyl (C=O) groups excluding carboxylic acids is 3. The van der Waals surface area contributed by atoms with E-state index in [2.05, 4.69) is 11.9 Å². The monoisotopic (exact) mass is 411 g/mol. The summed E-state index contributed by atoms with van der Waals surface area (Å²) in [6, 6.07) is 7.68. The first-order valence-corrected chi connectivity index (χ1v) is 10.4. The van der Waals surface area contributed by atoms with Crippen LogP contribution in [-0.4, -0.2) is 65.9 Å². The summed E-state index contributed by atoms with van der Waals surface area (Å²) in [7, 11) is 1.34. The van der Waals surface area contributed by atoms with Gasteiger partial charge in [-0.1, -0.05) is 26.0 Å². The fourth-order valence-electron chi connectivity index (χ4n) is 3.85. The van der Waals surface area contributed by atoms with Gasteiger partial charge in [0, 0.05) is 37.4 Å². The van der Waals surface area contributed by atoms with Gasteiger partial charge in [-0.25, -0.2) is 4.79 Å². The zero-order valence-corrected chi connectivity index (χ0v) is 18.1. The predicted molar refractivity (Wildman–Crippen MR) is 114 cm³/mol. The lowest BCUT2D eigenvalue weighted by Crippen LogP contribution is -2.50. The highest BCUT2D eigenvalue weighted by molar-refractivity contribution is 6.01. The van der Waals surface area contributed by atoms with Gasteiger partial charge in [-0.15, -0.1) is 0 Å². The van der Waals surface area contributed by atoms with Crippen molar-refractivity contribution in [3.05, 3.63) is 57.9 Å². The number of benzene rings is 1. The van der Waals surface area contributed by atoms with Gasteiger partial charge in [-0.2, -0.15) is 0 Å². The van der Waals surface area contributed by atoms with Gasteiger partial charge in [0.15, 0.2) is 0 Å². The van der Waals surface area contributed by atoms with Crippen LogP contribution in [0.2, 0.25) is 0 Å². The van der Waals surface area contributed by atoms with E-state index in [9.17, 15) is 14.4 Å². The standard InChI is InChI=1S/C23H29N3O4/c1-5-16-7-9-17(10-8-16)21(27)25-11-13-26(14-12-25)22(28)20-15(3)19(23(29)30-4)18(6-2)24-20/h7-10,24H,5-6,11-14H2,1-4H3. The Hall–Kier alpha value is -3.09. The fourth-order valence-corrected chi connectivity index (χ4v) is 3.85. The Kier molecular flexibility index (Phi) is 6.59. The topological polar surface area (TPSA) is 82.7 Å². The number of piperazine rings is 1. The Labute approximate surface area is 177 Å². The second-order valence-corrected chi connectivity index (χ2v) is 7.46. The molecule has 160 valence electrons. The Bertz CT molecular complexity index is 938. The summed E-state index contributed by atoms with van der Waals surface area (Å²) in [5, 5.41) is 0. The number of aromatic nitrogens is 1. The van der Waals surface area contributed by atoms with Crippen LogP contribution in [0.15, 0.2) is 24.3 Å². The molecule has 0 unspecified atom stereocenters. The third kappa shape index (κ3) is 4.10. The molecule has 3 rings (SSSR count). The third-order valence-corrected chi connectivity index (χ3v) is 5.75. The quantitative estimate of drug-likeness (QED) is 0.767. The van der Waals surface area contributed by atoms with Crippen molar-refractivity contribution in [2.24, 2.45) is 0 Å². The van der Waals surface area contributed by atoms with Crippen molar-refractivity contribution in [1.82, 2.24) is 14.8 Å². The van der Waals surface area contributed by atoms with Crippen LogP contribution in [0, 0.1) is 6.92 Å². The number of ether oxygens (including phenoxy) is 1. The maximum atomic E-state index is 13.1. The van der Waals surface area contributed by atoms with Gasteiger partial charge < -0.3 is 19.5 Å². The van der Waals surface area contributed by atoms with Crippen molar-refractivity contribution < 1.29 is 19.1 Å². The SMILES string of the molecule is CCc1ccc(C(=O)N2CCN(C(=O)c3[nH]c(CC)c(C(=O)OC)c3C)CC2)cc1. The van der Waals surface area contributed by atoms with Crippen LogP contribution in [0.5, 0.6) is 0 Å². The molecule has 1 fully saturated rings. The summed E-state index contributed by atoms with van der Waals surface area (Å²) >= 11 is 0. The first-order valence-electron chi connectivity index (χ1n) is 10.4. The Morgan fingerprint density at radius 1 is 0.933 bits per heavy atom. The number of rotatable bonds is 5. The van der Waals surface area contributed by atoms with Crippen molar-refractivity contribution >= 4 is 17.8 Å². The second kappa shape index (κ2) is 9.15. The maximum Gasteiger partial charge on any atom is 0.339 e. The highest BCUT2D eigenvalue weighted by Gasteiger charge is 2.29. The summed E-state index contributed by atoms with van der Waals surface area (Å²) in [6.07, 6.45) is 1.53. The summed E-state index contributed by atoms with van der Waals surface area (Å²) in [5.74, 6) is -0.608. The van der Waals surface area contributed by atoms with Gasteiger partial charge in [0.05, 0.1) is 12.7 Å². The lowest BCUT2D eigenvalue weighted by molar-refractivity contribution is 0.0532. The predicted octanol–water partition coefficient (Wildman–Crippen LogP) is 2.83. The number of aryl methyl sites for hydroxylation is 2. The molecule has 1 aliphatic heterocycles. The van der Waals surface area contributed by atoms with Crippen LogP contribution in [-0.2, 0) is 17.6 Å². The molecule has 1 aromatic heterocycles. The fraction of sp³-hybridized carbons (Fsp3) is 0.435. The third-order valence-electron chi connectivity index (χ3n) is 5.75. The second-order valence-electron chi connectivity index (χ2n) is 7.46. The molecule has 0 spiro atoms. The molecule has 1 aliphatic rings. The first-order chi connectivity index (χ1) is 14.4. The normalized spacial score (nSPS) is 14.0. The molecule has 2 heterocycles. The summed E-state index contributed by atoms with van der Waals surface area (Å²) in [5.41, 5.74) is 4.03. The van der Waals surface area contributed by atoms with Crippen molar-refractivity contribution in [3.63, 3.8) is 0 Å². The summed E-state index contributed by atoms with van der Waals surface area (Å²) in [6.45, 7) is 7.61. The molecule has 0 radical (unpaired) electrons. The number of carbonyl (C=O) groups is 3. The van der Waals surface area contributed by atoms with Gasteiger partial charge in [0.25, 0.3) is 11.8 Å². The number of amides is 2. The van der Waals surface area contributed by atoms with Crippen LogP contribution in [0.3, 0.4) is 0 Å². The van der Waals surface area contributed by atoms with Crippen LogP contribution < -0.4 is 0 Å². The number of aromatic amines is 1. The minimum atomic E-state index is -0.441. The molecule has 0 aliphatic carbocycles. The zero-order valence-electron chi connectivity index (χ0n) is 18.1. The number of hydrogen-bond acceptors (Lipinski definition) is 4. The summed E-state index contributed by atoms with van der Waals surface area (Å²) < 4.78 is 4.87. The van der Waals surface area contributed by atoms with Crippen molar-refractivity contribution in [1.29, 1.82) is 0 Å². The molecule has 30 heavy (non-hydrogen) atoms. The number of esters is 1. The highest BCUT2D eigenvalue weighted by Crippen LogP contribution is 2.22. The van der Waals surface area contributed by atoms with Crippen LogP contribution >= 0.6 is 0 Å². The first kappa shape index (κ1) is 21.6. The molecular weight excluding hydrogens is 382 g/mol. The maximum absolute atomic E-state index is 13.1. The van der Waals surface area contributed by atoms with E-state index >= 15 is 0 Å². The number of nitrogens with one attached hydrogen (secondary N) is 1. The Balaban J connectivity index is 1.69. The number of methoxy groups -OCH3 is 1. The molecule has 0 bridgehead atoms. The minimum Gasteiger partial charge on any atom is -0.465 e. The minimum absolute atomic E-state index is 0.0120. The van der Waals surface area contributed by atoms with Gasteiger partial charge in [0.2, 0.25) is 0 Å². The van der Waals surface area contributed by atoms with Crippen molar-refractivity contribution in [2.75, 3.05) is 33.3 Å². The van der Waals surface area contributed by atoms with E-state index in [0.717, 1.165) is 6.42 Å². The van der Waals surface area contributed by atoms with Crippen molar-refractivity contribution in [3.8, 4) is 0 Å². The molecule has 2 amide bonds. The van der Waals surface area contributed by atoms with Gasteiger partial charge in [0.1, 0.15) is 5.69 Å². The van der Waals surface area contributed by atoms with E-state index in [4.69, 9.17) is 4.74 Å². The number of hydrogen-bond donors (Lipinski definition) is 1. The summed E-state index contributed by atoms with van der Waals surface area (Å²) in [4.78, 5) is 44.6. The lowest BCUT2D eigenvalue weighted by atomic mass is 10.1. The average Bonchev–Trinajstić information content (AvgIpc) is 3.13. The largest absolute Gasteiger partial charge is 0.465 e. The average molecular weight is 412 g/mol. The van der Waals surface area contributed by atoms with Gasteiger partial charge >= 0.3 is 5.97 Å². The molecule has 7 nitrogen and oxygen atoms in total. The smallest absolute Gasteiger partial charge is 0.339 e. The van der Waals surface area contributed by atoms with E-state index in [1.807, 2.05) is 31.2 Å². The van der Waals surface area contributed by atoms with Gasteiger partial charge in [-0.05, 0) is 43.0 Å². The molecule has 0 atom stereocenters. The van der Waals surface area contributed by atoms with Gasteiger partial charge in [-0.3, -0.25) is 9.59 Å². The molecule has 7 heteroatoms. The van der Waals surface area contributed by atoms with E-state index in [0.29, 0.717) is 60.7 Å². The van der Waals surface area contributed by atoms with E-state index in [1.165, 1.54) is 12.7 Å².